The van der Waals surface area contributed by atoms with Crippen LogP contribution in [0, 0.1) is 11.8 Å². The molecule has 0 unspecified atom stereocenters. The fourth-order valence-electron chi connectivity index (χ4n) is 6.46. The fraction of sp³-hybridized carbons (Fsp3) is 0.806. The Balaban J connectivity index is 1.63. The Morgan fingerprint density at radius 3 is 1.81 bits per heavy atom. The third kappa shape index (κ3) is 7.81. The van der Waals surface area contributed by atoms with E-state index in [0.717, 1.165) is 42.4 Å². The van der Waals surface area contributed by atoms with E-state index in [1.165, 1.54) is 103 Å². The summed E-state index contributed by atoms with van der Waals surface area (Å²) in [5.74, 6) is 4.64. The molecule has 0 spiro atoms. The zero-order chi connectivity index (χ0) is 22.6. The Hall–Kier alpha value is -0.980. The SMILES string of the molecule is CCCCCCC1CCC(c2cc(OCCC)ccc2C2CCC(CCCC)CC2)CC1. The first-order chi connectivity index (χ1) is 15.7. The molecular formula is C31H52O. The second kappa shape index (κ2) is 14.3. The van der Waals surface area contributed by atoms with Gasteiger partial charge in [0.25, 0.3) is 0 Å². The monoisotopic (exact) mass is 440 g/mol. The van der Waals surface area contributed by atoms with E-state index >= 15 is 0 Å². The minimum atomic E-state index is 0.764. The summed E-state index contributed by atoms with van der Waals surface area (Å²) < 4.78 is 6.09. The summed E-state index contributed by atoms with van der Waals surface area (Å²) in [5.41, 5.74) is 3.36. The Bertz CT molecular complexity index is 619. The first kappa shape index (κ1) is 25.6. The molecule has 1 nitrogen and oxygen atoms in total. The summed E-state index contributed by atoms with van der Waals surface area (Å²) >= 11 is 0. The van der Waals surface area contributed by atoms with Crippen molar-refractivity contribution in [3.63, 3.8) is 0 Å². The molecule has 1 heteroatoms. The van der Waals surface area contributed by atoms with Crippen molar-refractivity contribution < 1.29 is 4.74 Å². The summed E-state index contributed by atoms with van der Waals surface area (Å²) in [6.07, 6.45) is 23.9. The molecule has 2 fully saturated rings. The third-order valence-corrected chi connectivity index (χ3v) is 8.54. The number of ether oxygens (including phenoxy) is 1. The summed E-state index contributed by atoms with van der Waals surface area (Å²) in [7, 11) is 0. The fourth-order valence-corrected chi connectivity index (χ4v) is 6.46. The van der Waals surface area contributed by atoms with Crippen LogP contribution in [0.3, 0.4) is 0 Å². The number of unbranched alkanes of at least 4 members (excludes halogenated alkanes) is 4. The van der Waals surface area contributed by atoms with Gasteiger partial charge < -0.3 is 4.74 Å². The molecular weight excluding hydrogens is 388 g/mol. The minimum Gasteiger partial charge on any atom is -0.494 e. The van der Waals surface area contributed by atoms with Gasteiger partial charge in [0.15, 0.2) is 0 Å². The van der Waals surface area contributed by atoms with Crippen LogP contribution in [0.1, 0.15) is 153 Å². The van der Waals surface area contributed by atoms with Crippen molar-refractivity contribution in [2.75, 3.05) is 6.61 Å². The van der Waals surface area contributed by atoms with Gasteiger partial charge in [-0.05, 0) is 105 Å². The van der Waals surface area contributed by atoms with Gasteiger partial charge in [-0.2, -0.15) is 0 Å². The van der Waals surface area contributed by atoms with Crippen molar-refractivity contribution in [1.29, 1.82) is 0 Å². The summed E-state index contributed by atoms with van der Waals surface area (Å²) in [5, 5.41) is 0. The van der Waals surface area contributed by atoms with E-state index in [-0.39, 0.29) is 0 Å². The van der Waals surface area contributed by atoms with Gasteiger partial charge >= 0.3 is 0 Å². The lowest BCUT2D eigenvalue weighted by molar-refractivity contribution is 0.289. The molecule has 0 radical (unpaired) electrons. The molecule has 0 amide bonds. The molecule has 0 bridgehead atoms. The van der Waals surface area contributed by atoms with Gasteiger partial charge in [-0.25, -0.2) is 0 Å². The van der Waals surface area contributed by atoms with Crippen molar-refractivity contribution in [3.8, 4) is 5.75 Å². The van der Waals surface area contributed by atoms with E-state index in [0.29, 0.717) is 0 Å². The molecule has 2 saturated carbocycles. The average Bonchev–Trinajstić information content (AvgIpc) is 2.85. The predicted octanol–water partition coefficient (Wildman–Crippen LogP) is 10.2. The Kier molecular flexibility index (Phi) is 11.5. The van der Waals surface area contributed by atoms with Crippen molar-refractivity contribution in [1.82, 2.24) is 0 Å². The number of benzene rings is 1. The van der Waals surface area contributed by atoms with Gasteiger partial charge in [0.1, 0.15) is 5.75 Å². The molecule has 0 aromatic heterocycles. The number of hydrogen-bond donors (Lipinski definition) is 0. The smallest absolute Gasteiger partial charge is 0.119 e. The predicted molar refractivity (Wildman–Crippen MR) is 140 cm³/mol. The van der Waals surface area contributed by atoms with Gasteiger partial charge in [0.05, 0.1) is 6.61 Å². The molecule has 1 aromatic carbocycles. The van der Waals surface area contributed by atoms with Crippen LogP contribution in [0.5, 0.6) is 5.75 Å². The molecule has 182 valence electrons. The topological polar surface area (TPSA) is 9.23 Å². The molecule has 3 rings (SSSR count). The highest BCUT2D eigenvalue weighted by atomic mass is 16.5. The summed E-state index contributed by atoms with van der Waals surface area (Å²) in [4.78, 5) is 0. The van der Waals surface area contributed by atoms with Gasteiger partial charge in [-0.15, -0.1) is 0 Å². The van der Waals surface area contributed by atoms with Gasteiger partial charge in [0, 0.05) is 0 Å². The first-order valence-electron chi connectivity index (χ1n) is 14.5. The summed E-state index contributed by atoms with van der Waals surface area (Å²) in [6.45, 7) is 7.69. The molecule has 0 saturated heterocycles. The highest BCUT2D eigenvalue weighted by Gasteiger charge is 2.29. The molecule has 2 aliphatic rings. The first-order valence-corrected chi connectivity index (χ1v) is 14.5. The summed E-state index contributed by atoms with van der Waals surface area (Å²) in [6, 6.07) is 7.20. The zero-order valence-corrected chi connectivity index (χ0v) is 21.7. The number of rotatable bonds is 13. The van der Waals surface area contributed by atoms with E-state index in [1.807, 2.05) is 0 Å². The van der Waals surface area contributed by atoms with E-state index in [4.69, 9.17) is 4.74 Å². The second-order valence-electron chi connectivity index (χ2n) is 11.1. The standard InChI is InChI=1S/C31H52O/c1-4-7-9-10-12-26-15-19-28(20-16-26)31-24-29(32-23-6-3)21-22-30(31)27-17-13-25(14-18-27)11-8-5-2/h21-22,24-28H,4-20,23H2,1-3H3. The molecule has 0 atom stereocenters. The highest BCUT2D eigenvalue weighted by molar-refractivity contribution is 5.40. The van der Waals surface area contributed by atoms with E-state index in [9.17, 15) is 0 Å². The second-order valence-corrected chi connectivity index (χ2v) is 11.1. The number of hydrogen-bond acceptors (Lipinski definition) is 1. The van der Waals surface area contributed by atoms with Crippen LogP contribution in [-0.4, -0.2) is 6.61 Å². The Morgan fingerprint density at radius 1 is 0.625 bits per heavy atom. The molecule has 2 aliphatic carbocycles. The Morgan fingerprint density at radius 2 is 1.22 bits per heavy atom. The van der Waals surface area contributed by atoms with Crippen LogP contribution < -0.4 is 4.74 Å². The maximum absolute atomic E-state index is 6.09. The zero-order valence-electron chi connectivity index (χ0n) is 21.7. The van der Waals surface area contributed by atoms with Crippen molar-refractivity contribution in [2.24, 2.45) is 11.8 Å². The van der Waals surface area contributed by atoms with E-state index in [2.05, 4.69) is 39.0 Å². The van der Waals surface area contributed by atoms with Crippen LogP contribution in [0.4, 0.5) is 0 Å². The largest absolute Gasteiger partial charge is 0.494 e. The minimum absolute atomic E-state index is 0.764. The lowest BCUT2D eigenvalue weighted by Gasteiger charge is -2.34. The van der Waals surface area contributed by atoms with Crippen LogP contribution >= 0.6 is 0 Å². The lowest BCUT2D eigenvalue weighted by atomic mass is 9.71. The molecule has 0 aliphatic heterocycles. The quantitative estimate of drug-likeness (QED) is 0.277. The third-order valence-electron chi connectivity index (χ3n) is 8.54. The maximum Gasteiger partial charge on any atom is 0.119 e. The van der Waals surface area contributed by atoms with Crippen molar-refractivity contribution in [3.05, 3.63) is 29.3 Å². The normalized spacial score (nSPS) is 26.2. The molecule has 32 heavy (non-hydrogen) atoms. The van der Waals surface area contributed by atoms with Crippen LogP contribution in [0.25, 0.3) is 0 Å². The van der Waals surface area contributed by atoms with Crippen LogP contribution in [0.15, 0.2) is 18.2 Å². The maximum atomic E-state index is 6.09. The molecule has 0 heterocycles. The molecule has 1 aromatic rings. The Labute approximate surface area is 200 Å². The van der Waals surface area contributed by atoms with Crippen molar-refractivity contribution >= 4 is 0 Å². The lowest BCUT2D eigenvalue weighted by Crippen LogP contribution is -2.18. The van der Waals surface area contributed by atoms with E-state index < -0.39 is 0 Å². The van der Waals surface area contributed by atoms with Crippen LogP contribution in [-0.2, 0) is 0 Å². The van der Waals surface area contributed by atoms with Gasteiger partial charge in [-0.3, -0.25) is 0 Å². The van der Waals surface area contributed by atoms with E-state index in [1.54, 1.807) is 11.1 Å². The van der Waals surface area contributed by atoms with Gasteiger partial charge in [-0.1, -0.05) is 78.2 Å². The molecule has 0 N–H and O–H groups in total. The van der Waals surface area contributed by atoms with Gasteiger partial charge in [0.2, 0.25) is 0 Å². The van der Waals surface area contributed by atoms with Crippen molar-refractivity contribution in [2.45, 2.75) is 142 Å². The average molecular weight is 441 g/mol. The highest BCUT2D eigenvalue weighted by Crippen LogP contribution is 2.45. The van der Waals surface area contributed by atoms with Crippen LogP contribution in [0.2, 0.25) is 0 Å².